The summed E-state index contributed by atoms with van der Waals surface area (Å²) in [7, 11) is 2.73. The number of hydrogen-bond donors (Lipinski definition) is 1. The number of rotatable bonds is 20. The van der Waals surface area contributed by atoms with E-state index in [2.05, 4.69) is 12.2 Å². The maximum absolute atomic E-state index is 5.44. The number of halogens is 1. The third-order valence-corrected chi connectivity index (χ3v) is 7.92. The quantitative estimate of drug-likeness (QED) is 0.223. The lowest BCUT2D eigenvalue weighted by Crippen LogP contribution is -3.00. The number of hydrogen-bond acceptors (Lipinski definition) is 3. The minimum atomic E-state index is -2.34. The molecule has 6 heteroatoms. The van der Waals surface area contributed by atoms with Gasteiger partial charge in [0.05, 0.1) is 13.1 Å². The van der Waals surface area contributed by atoms with Crippen LogP contribution in [0, 0.1) is 0 Å². The Morgan fingerprint density at radius 3 is 1.38 bits per heavy atom. The molecule has 2 N–H and O–H groups in total. The van der Waals surface area contributed by atoms with E-state index < -0.39 is 8.80 Å². The molecule has 4 nitrogen and oxygen atoms in total. The van der Waals surface area contributed by atoms with E-state index in [1.54, 1.807) is 21.3 Å². The average molecular weight is 457 g/mol. The van der Waals surface area contributed by atoms with E-state index in [0.717, 1.165) is 19.0 Å². The van der Waals surface area contributed by atoms with Gasteiger partial charge >= 0.3 is 8.80 Å². The Morgan fingerprint density at radius 1 is 0.577 bits per heavy atom. The van der Waals surface area contributed by atoms with Crippen molar-refractivity contribution in [3.05, 3.63) is 0 Å². The molecule has 0 aliphatic carbocycles. The largest absolute Gasteiger partial charge is 1.00 e. The second kappa shape index (κ2) is 21.8. The number of unbranched alkanes of at least 4 members (excludes halogenated alkanes) is 11. The molecule has 0 bridgehead atoms. The van der Waals surface area contributed by atoms with Crippen molar-refractivity contribution in [3.8, 4) is 0 Å². The van der Waals surface area contributed by atoms with Crippen molar-refractivity contribution in [2.75, 3.05) is 34.4 Å². The highest BCUT2D eigenvalue weighted by molar-refractivity contribution is 6.60. The van der Waals surface area contributed by atoms with Gasteiger partial charge in [0, 0.05) is 33.8 Å². The Hall–Kier alpha value is 0.537. The first-order valence-corrected chi connectivity index (χ1v) is 12.6. The van der Waals surface area contributed by atoms with Crippen molar-refractivity contribution in [2.24, 2.45) is 0 Å². The SMILES string of the molecule is CCCCCCCCCCCCCC[NH2+]CCC[Si](OC)(OC)OC.[Br-]. The van der Waals surface area contributed by atoms with Gasteiger partial charge in [-0.2, -0.15) is 0 Å². The van der Waals surface area contributed by atoms with E-state index in [-0.39, 0.29) is 17.0 Å². The van der Waals surface area contributed by atoms with Crippen molar-refractivity contribution in [1.82, 2.24) is 0 Å². The zero-order valence-electron chi connectivity index (χ0n) is 18.0. The van der Waals surface area contributed by atoms with Gasteiger partial charge in [-0.15, -0.1) is 0 Å². The molecule has 0 amide bonds. The highest BCUT2D eigenvalue weighted by Crippen LogP contribution is 2.14. The predicted octanol–water partition coefficient (Wildman–Crippen LogP) is 1.52. The normalized spacial score (nSPS) is 11.5. The predicted molar refractivity (Wildman–Crippen MR) is 109 cm³/mol. The molecule has 0 spiro atoms. The highest BCUT2D eigenvalue weighted by atomic mass is 79.9. The fourth-order valence-electron chi connectivity index (χ4n) is 3.29. The lowest BCUT2D eigenvalue weighted by atomic mass is 10.1. The summed E-state index contributed by atoms with van der Waals surface area (Å²) in [6.07, 6.45) is 18.1. The molecule has 0 heterocycles. The van der Waals surface area contributed by atoms with E-state index in [1.807, 2.05) is 0 Å². The molecule has 0 saturated heterocycles. The molecular formula is C20H46BrNO3Si. The first-order chi connectivity index (χ1) is 12.2. The topological polar surface area (TPSA) is 44.3 Å². The fourth-order valence-corrected chi connectivity index (χ4v) is 5.04. The summed E-state index contributed by atoms with van der Waals surface area (Å²) in [5.41, 5.74) is 0. The van der Waals surface area contributed by atoms with Gasteiger partial charge in [-0.1, -0.05) is 71.1 Å². The minimum Gasteiger partial charge on any atom is -1.00 e. The van der Waals surface area contributed by atoms with Crippen LogP contribution in [-0.4, -0.2) is 43.2 Å². The van der Waals surface area contributed by atoms with Crippen molar-refractivity contribution in [2.45, 2.75) is 96.4 Å². The summed E-state index contributed by atoms with van der Waals surface area (Å²) in [6.45, 7) is 4.68. The first kappa shape index (κ1) is 28.7. The van der Waals surface area contributed by atoms with E-state index in [1.165, 1.54) is 83.6 Å². The molecule has 0 fully saturated rings. The van der Waals surface area contributed by atoms with Crippen LogP contribution in [-0.2, 0) is 13.3 Å². The van der Waals surface area contributed by atoms with Crippen molar-refractivity contribution in [1.29, 1.82) is 0 Å². The summed E-state index contributed by atoms with van der Waals surface area (Å²) in [4.78, 5) is 0. The molecule has 0 atom stereocenters. The molecule has 0 aromatic heterocycles. The summed E-state index contributed by atoms with van der Waals surface area (Å²) < 4.78 is 16.3. The third-order valence-electron chi connectivity index (χ3n) is 5.09. The van der Waals surface area contributed by atoms with Gasteiger partial charge in [-0.05, 0) is 12.8 Å². The summed E-state index contributed by atoms with van der Waals surface area (Å²) in [5, 5.41) is 2.43. The van der Waals surface area contributed by atoms with Crippen LogP contribution in [0.2, 0.25) is 6.04 Å². The number of quaternary nitrogens is 1. The summed E-state index contributed by atoms with van der Waals surface area (Å²) >= 11 is 0. The zero-order valence-corrected chi connectivity index (χ0v) is 20.6. The van der Waals surface area contributed by atoms with Crippen LogP contribution in [0.1, 0.15) is 90.4 Å². The van der Waals surface area contributed by atoms with Crippen molar-refractivity contribution >= 4 is 8.80 Å². The maximum atomic E-state index is 5.44. The molecule has 0 aromatic rings. The zero-order chi connectivity index (χ0) is 18.6. The molecule has 0 aliphatic heterocycles. The van der Waals surface area contributed by atoms with Crippen molar-refractivity contribution < 1.29 is 35.6 Å². The molecule has 0 rings (SSSR count). The molecule has 0 aliphatic rings. The van der Waals surface area contributed by atoms with Crippen molar-refractivity contribution in [3.63, 3.8) is 0 Å². The lowest BCUT2D eigenvalue weighted by molar-refractivity contribution is -0.655. The molecule has 160 valence electrons. The molecule has 0 unspecified atom stereocenters. The Bertz CT molecular complexity index is 261. The monoisotopic (exact) mass is 455 g/mol. The Labute approximate surface area is 175 Å². The number of nitrogens with two attached hydrogens (primary N) is 1. The van der Waals surface area contributed by atoms with Crippen LogP contribution in [0.3, 0.4) is 0 Å². The van der Waals surface area contributed by atoms with E-state index in [4.69, 9.17) is 13.3 Å². The van der Waals surface area contributed by atoms with Crippen LogP contribution in [0.25, 0.3) is 0 Å². The fraction of sp³-hybridized carbons (Fsp3) is 1.00. The van der Waals surface area contributed by atoms with E-state index >= 15 is 0 Å². The summed E-state index contributed by atoms with van der Waals surface area (Å²) in [5.74, 6) is 0. The van der Waals surface area contributed by atoms with E-state index in [0.29, 0.717) is 0 Å². The summed E-state index contributed by atoms with van der Waals surface area (Å²) in [6, 6.07) is 0.908. The molecule has 26 heavy (non-hydrogen) atoms. The first-order valence-electron chi connectivity index (χ1n) is 10.7. The smallest absolute Gasteiger partial charge is 0.500 e. The average Bonchev–Trinajstić information content (AvgIpc) is 2.65. The second-order valence-corrected chi connectivity index (χ2v) is 10.2. The van der Waals surface area contributed by atoms with Crippen LogP contribution >= 0.6 is 0 Å². The van der Waals surface area contributed by atoms with E-state index in [9.17, 15) is 0 Å². The highest BCUT2D eigenvalue weighted by Gasteiger charge is 2.36. The van der Waals surface area contributed by atoms with Gasteiger partial charge in [0.25, 0.3) is 0 Å². The standard InChI is InChI=1S/C20H45NO3Si.BrH/c1-5-6-7-8-9-10-11-12-13-14-15-16-18-21-19-17-20-25(22-2,23-3)24-4;/h21H,5-20H2,1-4H3;1H. The Kier molecular flexibility index (Phi) is 24.1. The van der Waals surface area contributed by atoms with Gasteiger partial charge in [0.2, 0.25) is 0 Å². The van der Waals surface area contributed by atoms with Crippen LogP contribution < -0.4 is 22.3 Å². The minimum absolute atomic E-state index is 0. The van der Waals surface area contributed by atoms with Gasteiger partial charge in [0.15, 0.2) is 0 Å². The third kappa shape index (κ3) is 16.7. The van der Waals surface area contributed by atoms with Gasteiger partial charge in [-0.3, -0.25) is 0 Å². The van der Waals surface area contributed by atoms with Crippen LogP contribution in [0.15, 0.2) is 0 Å². The van der Waals surface area contributed by atoms with Gasteiger partial charge < -0.3 is 35.6 Å². The molecule has 0 radical (unpaired) electrons. The van der Waals surface area contributed by atoms with Crippen LogP contribution in [0.4, 0.5) is 0 Å². The second-order valence-electron chi connectivity index (χ2n) is 7.15. The molecule has 0 aromatic carbocycles. The maximum Gasteiger partial charge on any atom is 0.500 e. The van der Waals surface area contributed by atoms with Crippen LogP contribution in [0.5, 0.6) is 0 Å². The lowest BCUT2D eigenvalue weighted by Gasteiger charge is -2.23. The van der Waals surface area contributed by atoms with Gasteiger partial charge in [0.1, 0.15) is 0 Å². The molecule has 0 saturated carbocycles. The Morgan fingerprint density at radius 2 is 0.962 bits per heavy atom. The Balaban J connectivity index is 0. The molecular weight excluding hydrogens is 410 g/mol. The van der Waals surface area contributed by atoms with Gasteiger partial charge in [-0.25, -0.2) is 0 Å².